The summed E-state index contributed by atoms with van der Waals surface area (Å²) in [5, 5.41) is 62.0. The molecule has 1 aromatic carbocycles. The van der Waals surface area contributed by atoms with Crippen LogP contribution in [0.25, 0.3) is 11.0 Å². The Morgan fingerprint density at radius 1 is 1.11 bits per heavy atom. The topological polar surface area (TPSA) is 198 Å². The van der Waals surface area contributed by atoms with Crippen molar-refractivity contribution in [1.29, 1.82) is 0 Å². The smallest absolute Gasteiger partial charge is 0.336 e. The molecule has 2 aromatic rings. The molecule has 35 heavy (non-hydrogen) atoms. The molecular formula is C22H28O13. The van der Waals surface area contributed by atoms with Gasteiger partial charge in [0.1, 0.15) is 30.5 Å². The molecule has 2 saturated heterocycles. The first-order valence-electron chi connectivity index (χ1n) is 10.8. The molecule has 0 radical (unpaired) electrons. The molecule has 13 heteroatoms. The number of hydrogen-bond donors (Lipinski definition) is 6. The van der Waals surface area contributed by atoms with Crippen molar-refractivity contribution < 1.29 is 58.7 Å². The second kappa shape index (κ2) is 9.87. The van der Waals surface area contributed by atoms with Gasteiger partial charge in [-0.2, -0.15) is 0 Å². The maximum Gasteiger partial charge on any atom is 0.336 e. The number of aromatic hydroxyl groups is 1. The van der Waals surface area contributed by atoms with Crippen molar-refractivity contribution >= 4 is 11.0 Å². The second-order valence-electron chi connectivity index (χ2n) is 8.83. The first-order chi connectivity index (χ1) is 16.6. The summed E-state index contributed by atoms with van der Waals surface area (Å²) in [5.74, 6) is -0.930. The molecular weight excluding hydrogens is 472 g/mol. The fourth-order valence-corrected chi connectivity index (χ4v) is 3.93. The molecule has 4 rings (SSSR count). The summed E-state index contributed by atoms with van der Waals surface area (Å²) >= 11 is 0. The van der Waals surface area contributed by atoms with Gasteiger partial charge in [0.15, 0.2) is 17.6 Å². The van der Waals surface area contributed by atoms with Crippen LogP contribution in [0.1, 0.15) is 6.92 Å². The Kier molecular flexibility index (Phi) is 7.22. The fourth-order valence-electron chi connectivity index (χ4n) is 3.93. The van der Waals surface area contributed by atoms with Crippen LogP contribution < -0.4 is 15.1 Å². The lowest BCUT2D eigenvalue weighted by molar-refractivity contribution is -0.289. The molecule has 8 atom stereocenters. The van der Waals surface area contributed by atoms with E-state index in [1.807, 2.05) is 0 Å². The van der Waals surface area contributed by atoms with Gasteiger partial charge in [-0.25, -0.2) is 4.79 Å². The van der Waals surface area contributed by atoms with Crippen molar-refractivity contribution in [1.82, 2.24) is 0 Å². The Labute approximate surface area is 198 Å². The van der Waals surface area contributed by atoms with E-state index in [1.165, 1.54) is 19.2 Å². The molecule has 0 saturated carbocycles. The predicted octanol–water partition coefficient (Wildman–Crippen LogP) is -1.57. The third-order valence-electron chi connectivity index (χ3n) is 6.26. The molecule has 0 amide bonds. The Morgan fingerprint density at radius 2 is 1.86 bits per heavy atom. The highest BCUT2D eigenvalue weighted by atomic mass is 16.7. The fraction of sp³-hybridized carbons (Fsp3) is 0.591. The number of benzene rings is 1. The third-order valence-corrected chi connectivity index (χ3v) is 6.26. The van der Waals surface area contributed by atoms with Gasteiger partial charge in [-0.05, 0) is 12.1 Å². The van der Waals surface area contributed by atoms with Crippen molar-refractivity contribution in [3.05, 3.63) is 28.6 Å². The molecule has 194 valence electrons. The molecule has 13 nitrogen and oxygen atoms in total. The van der Waals surface area contributed by atoms with Gasteiger partial charge in [-0.1, -0.05) is 6.92 Å². The highest BCUT2D eigenvalue weighted by Gasteiger charge is 2.49. The van der Waals surface area contributed by atoms with Crippen molar-refractivity contribution in [2.24, 2.45) is 5.41 Å². The molecule has 0 spiro atoms. The van der Waals surface area contributed by atoms with Crippen LogP contribution in [-0.4, -0.2) is 101 Å². The summed E-state index contributed by atoms with van der Waals surface area (Å²) in [6, 6.07) is 3.99. The SMILES string of the molecule is COc1cc2ccc(=O)oc2c(O)c1O[C@@H]1O[C@H](CO[C@@H]2OC[C@](C)(CO)[C@H]2O)[C@@H](O)[C@H](O)[C@H]1O. The Balaban J connectivity index is 1.54. The maximum atomic E-state index is 11.6. The molecule has 2 aliphatic heterocycles. The number of phenols is 1. The van der Waals surface area contributed by atoms with E-state index < -0.39 is 59.9 Å². The van der Waals surface area contributed by atoms with E-state index in [-0.39, 0.29) is 36.9 Å². The zero-order valence-electron chi connectivity index (χ0n) is 18.9. The number of hydrogen-bond acceptors (Lipinski definition) is 13. The summed E-state index contributed by atoms with van der Waals surface area (Å²) < 4.78 is 32.3. The first kappa shape index (κ1) is 25.6. The van der Waals surface area contributed by atoms with Crippen LogP contribution in [-0.2, 0) is 14.2 Å². The molecule has 3 heterocycles. The highest BCUT2D eigenvalue weighted by molar-refractivity contribution is 5.87. The van der Waals surface area contributed by atoms with Crippen LogP contribution in [0.5, 0.6) is 17.2 Å². The van der Waals surface area contributed by atoms with Gasteiger partial charge in [-0.3, -0.25) is 0 Å². The molecule has 2 aliphatic rings. The van der Waals surface area contributed by atoms with Crippen LogP contribution in [0.3, 0.4) is 0 Å². The van der Waals surface area contributed by atoms with E-state index in [2.05, 4.69) is 0 Å². The minimum atomic E-state index is -1.75. The zero-order valence-corrected chi connectivity index (χ0v) is 18.9. The number of aliphatic hydroxyl groups is 5. The summed E-state index contributed by atoms with van der Waals surface area (Å²) in [4.78, 5) is 11.6. The largest absolute Gasteiger partial charge is 0.502 e. The molecule has 0 bridgehead atoms. The minimum Gasteiger partial charge on any atom is -0.502 e. The predicted molar refractivity (Wildman–Crippen MR) is 115 cm³/mol. The van der Waals surface area contributed by atoms with Crippen molar-refractivity contribution in [3.63, 3.8) is 0 Å². The second-order valence-corrected chi connectivity index (χ2v) is 8.83. The molecule has 1 aromatic heterocycles. The van der Waals surface area contributed by atoms with Crippen LogP contribution in [0, 0.1) is 5.41 Å². The summed E-state index contributed by atoms with van der Waals surface area (Å²) in [6.07, 6.45) is -10.2. The van der Waals surface area contributed by atoms with Gasteiger partial charge < -0.3 is 58.7 Å². The zero-order chi connectivity index (χ0) is 25.5. The number of methoxy groups -OCH3 is 1. The number of fused-ring (bicyclic) bond motifs is 1. The van der Waals surface area contributed by atoms with Gasteiger partial charge in [0.25, 0.3) is 0 Å². The average Bonchev–Trinajstić information content (AvgIpc) is 3.14. The molecule has 0 aliphatic carbocycles. The van der Waals surface area contributed by atoms with Gasteiger partial charge >= 0.3 is 5.63 Å². The van der Waals surface area contributed by atoms with Crippen LogP contribution in [0.2, 0.25) is 0 Å². The van der Waals surface area contributed by atoms with Crippen LogP contribution >= 0.6 is 0 Å². The standard InChI is InChI=1S/C22H28O13/c1-22(7-23)8-32-21(19(22)29)31-6-11-13(25)14(26)15(27)20(33-11)35-18-10(30-2)5-9-3-4-12(24)34-17(9)16(18)28/h3-5,11,13-15,19-21,23,25-29H,6-8H2,1-2H3/t11-,13-,14+,15-,19+,20+,21-,22+/m1/s1. The lowest BCUT2D eigenvalue weighted by atomic mass is 9.88. The van der Waals surface area contributed by atoms with Crippen molar-refractivity contribution in [2.75, 3.05) is 26.9 Å². The number of phenolic OH excluding ortho intramolecular Hbond substituents is 1. The van der Waals surface area contributed by atoms with Gasteiger partial charge in [-0.15, -0.1) is 0 Å². The summed E-state index contributed by atoms with van der Waals surface area (Å²) in [6.45, 7) is 0.925. The van der Waals surface area contributed by atoms with Gasteiger partial charge in [0.05, 0.1) is 26.9 Å². The van der Waals surface area contributed by atoms with E-state index in [0.29, 0.717) is 5.39 Å². The van der Waals surface area contributed by atoms with E-state index in [0.717, 1.165) is 6.07 Å². The molecule has 0 unspecified atom stereocenters. The monoisotopic (exact) mass is 500 g/mol. The Morgan fingerprint density at radius 3 is 2.51 bits per heavy atom. The van der Waals surface area contributed by atoms with E-state index in [9.17, 15) is 35.4 Å². The molecule has 6 N–H and O–H groups in total. The Bertz CT molecular complexity index is 1100. The highest BCUT2D eigenvalue weighted by Crippen LogP contribution is 2.43. The van der Waals surface area contributed by atoms with E-state index >= 15 is 0 Å². The average molecular weight is 500 g/mol. The number of rotatable bonds is 7. The minimum absolute atomic E-state index is 0.0128. The third kappa shape index (κ3) is 4.69. The quantitative estimate of drug-likeness (QED) is 0.239. The van der Waals surface area contributed by atoms with E-state index in [4.69, 9.17) is 28.1 Å². The van der Waals surface area contributed by atoms with Gasteiger partial charge in [0.2, 0.25) is 17.8 Å². The van der Waals surface area contributed by atoms with Gasteiger partial charge in [0, 0.05) is 16.9 Å². The van der Waals surface area contributed by atoms with Crippen LogP contribution in [0.4, 0.5) is 0 Å². The lowest BCUT2D eigenvalue weighted by Crippen LogP contribution is -2.60. The molecule has 2 fully saturated rings. The van der Waals surface area contributed by atoms with E-state index in [1.54, 1.807) is 6.92 Å². The first-order valence-corrected chi connectivity index (χ1v) is 10.8. The van der Waals surface area contributed by atoms with Crippen molar-refractivity contribution in [3.8, 4) is 17.2 Å². The van der Waals surface area contributed by atoms with Crippen molar-refractivity contribution in [2.45, 2.75) is 50.0 Å². The maximum absolute atomic E-state index is 11.6. The Hall–Kier alpha value is -2.49. The summed E-state index contributed by atoms with van der Waals surface area (Å²) in [7, 11) is 1.30. The van der Waals surface area contributed by atoms with Crippen LogP contribution in [0.15, 0.2) is 27.4 Å². The lowest BCUT2D eigenvalue weighted by Gasteiger charge is -2.40. The normalized spacial score (nSPS) is 35.3. The summed E-state index contributed by atoms with van der Waals surface area (Å²) in [5.41, 5.74) is -1.85. The number of aliphatic hydroxyl groups excluding tert-OH is 5. The number of ether oxygens (including phenoxy) is 5.